The van der Waals surface area contributed by atoms with Gasteiger partial charge in [-0.2, -0.15) is 0 Å². The van der Waals surface area contributed by atoms with E-state index in [1.54, 1.807) is 12.1 Å². The monoisotopic (exact) mass is 434 g/mol. The molecule has 0 fully saturated rings. The van der Waals surface area contributed by atoms with Crippen LogP contribution in [0.4, 0.5) is 4.39 Å². The van der Waals surface area contributed by atoms with Gasteiger partial charge >= 0.3 is 0 Å². The molecule has 1 heterocycles. The molecule has 2 aromatic rings. The van der Waals surface area contributed by atoms with Gasteiger partial charge in [-0.1, -0.05) is 68.8 Å². The average Bonchev–Trinajstić information content (AvgIpc) is 2.83. The highest BCUT2D eigenvalue weighted by atomic mass is 19.1. The highest BCUT2D eigenvalue weighted by Gasteiger charge is 2.24. The molecule has 0 bridgehead atoms. The second-order valence-corrected chi connectivity index (χ2v) is 8.56. The molecule has 0 saturated heterocycles. The van der Waals surface area contributed by atoms with Crippen LogP contribution in [-0.4, -0.2) is 29.6 Å². The third-order valence-electron chi connectivity index (χ3n) is 5.94. The molecule has 4 heteroatoms. The molecule has 0 N–H and O–H groups in total. The van der Waals surface area contributed by atoms with Crippen molar-refractivity contribution in [3.8, 4) is 0 Å². The number of unbranched alkanes of at least 4 members (excludes halogenated alkanes) is 1. The zero-order valence-electron chi connectivity index (χ0n) is 19.4. The van der Waals surface area contributed by atoms with E-state index in [0.717, 1.165) is 61.4 Å². The van der Waals surface area contributed by atoms with Crippen LogP contribution in [0.25, 0.3) is 0 Å². The van der Waals surface area contributed by atoms with E-state index in [2.05, 4.69) is 24.8 Å². The molecule has 1 aliphatic heterocycles. The van der Waals surface area contributed by atoms with Crippen LogP contribution in [0.5, 0.6) is 0 Å². The van der Waals surface area contributed by atoms with Crippen molar-refractivity contribution >= 4 is 11.6 Å². The van der Waals surface area contributed by atoms with Crippen LogP contribution >= 0.6 is 0 Å². The van der Waals surface area contributed by atoms with Crippen molar-refractivity contribution in [2.24, 2.45) is 10.9 Å². The van der Waals surface area contributed by atoms with Gasteiger partial charge in [0.1, 0.15) is 11.7 Å². The van der Waals surface area contributed by atoms with Crippen LogP contribution in [0.2, 0.25) is 0 Å². The molecule has 32 heavy (non-hydrogen) atoms. The lowest BCUT2D eigenvalue weighted by Gasteiger charge is -2.28. The van der Waals surface area contributed by atoms with Gasteiger partial charge in [-0.05, 0) is 49.8 Å². The Bertz CT molecular complexity index is 918. The van der Waals surface area contributed by atoms with Crippen molar-refractivity contribution in [1.82, 2.24) is 4.90 Å². The molecule has 170 valence electrons. The minimum Gasteiger partial charge on any atom is -0.360 e. The summed E-state index contributed by atoms with van der Waals surface area (Å²) in [5.41, 5.74) is 2.69. The predicted octanol–water partition coefficient (Wildman–Crippen LogP) is 6.85. The van der Waals surface area contributed by atoms with E-state index < -0.39 is 0 Å². The average molecular weight is 435 g/mol. The van der Waals surface area contributed by atoms with Crippen LogP contribution in [-0.2, 0) is 6.42 Å². The maximum Gasteiger partial charge on any atom is 0.166 e. The van der Waals surface area contributed by atoms with Gasteiger partial charge in [0.15, 0.2) is 5.78 Å². The van der Waals surface area contributed by atoms with Crippen molar-refractivity contribution in [1.29, 1.82) is 0 Å². The van der Waals surface area contributed by atoms with Crippen LogP contribution in [0.15, 0.2) is 71.4 Å². The standard InChI is InChI=1S/C28H35FN2O/c1-3-5-19-31(18-4-2)27-13-9-12-26(30-27)21-24(20-22-14-16-25(29)17-15-22)28(32)23-10-7-6-8-11-23/h6-8,10-12,14-17,24H,3-5,9,13,18-21H2,1-2H3. The van der Waals surface area contributed by atoms with Gasteiger partial charge in [0.25, 0.3) is 0 Å². The van der Waals surface area contributed by atoms with Crippen LogP contribution in [0.1, 0.15) is 68.3 Å². The molecule has 0 amide bonds. The van der Waals surface area contributed by atoms with Crippen LogP contribution in [0.3, 0.4) is 0 Å². The van der Waals surface area contributed by atoms with E-state index in [-0.39, 0.29) is 17.5 Å². The van der Waals surface area contributed by atoms with E-state index in [0.29, 0.717) is 12.8 Å². The van der Waals surface area contributed by atoms with Gasteiger partial charge in [-0.3, -0.25) is 4.79 Å². The van der Waals surface area contributed by atoms with Gasteiger partial charge in [0, 0.05) is 36.7 Å². The summed E-state index contributed by atoms with van der Waals surface area (Å²) in [6.45, 7) is 6.48. The number of ketones is 1. The Kier molecular flexibility index (Phi) is 9.21. The molecule has 2 aromatic carbocycles. The minimum absolute atomic E-state index is 0.120. The smallest absolute Gasteiger partial charge is 0.166 e. The Balaban J connectivity index is 1.81. The molecular weight excluding hydrogens is 399 g/mol. The number of hydrogen-bond acceptors (Lipinski definition) is 3. The summed E-state index contributed by atoms with van der Waals surface area (Å²) >= 11 is 0. The molecule has 0 saturated carbocycles. The number of benzene rings is 2. The van der Waals surface area contributed by atoms with E-state index in [1.165, 1.54) is 18.6 Å². The quantitative estimate of drug-likeness (QED) is 0.363. The zero-order chi connectivity index (χ0) is 22.8. The molecule has 0 spiro atoms. The normalized spacial score (nSPS) is 14.5. The number of halogens is 1. The van der Waals surface area contributed by atoms with Crippen molar-refractivity contribution in [2.75, 3.05) is 13.1 Å². The topological polar surface area (TPSA) is 32.7 Å². The Labute approximate surface area is 192 Å². The summed E-state index contributed by atoms with van der Waals surface area (Å²) in [5, 5.41) is 0. The van der Waals surface area contributed by atoms with Gasteiger partial charge in [-0.15, -0.1) is 0 Å². The third-order valence-corrected chi connectivity index (χ3v) is 5.94. The number of carbonyl (C=O) groups is 1. The molecule has 1 atom stereocenters. The Morgan fingerprint density at radius 3 is 2.44 bits per heavy atom. The number of nitrogens with zero attached hydrogens (tertiary/aromatic N) is 2. The molecule has 3 nitrogen and oxygen atoms in total. The first-order valence-corrected chi connectivity index (χ1v) is 12.0. The zero-order valence-corrected chi connectivity index (χ0v) is 19.4. The molecular formula is C28H35FN2O. The fraction of sp³-hybridized carbons (Fsp3) is 0.429. The van der Waals surface area contributed by atoms with E-state index >= 15 is 0 Å². The second-order valence-electron chi connectivity index (χ2n) is 8.56. The molecule has 1 aliphatic rings. The molecule has 3 rings (SSSR count). The number of allylic oxidation sites excluding steroid dienone is 2. The largest absolute Gasteiger partial charge is 0.360 e. The number of aliphatic imine (C=N–C) groups is 1. The number of rotatable bonds is 11. The van der Waals surface area contributed by atoms with Crippen molar-refractivity contribution in [2.45, 2.75) is 58.8 Å². The SMILES string of the molecule is CCCCN(CCC)C1=NC(CC(Cc2ccc(F)cc2)C(=O)c2ccccc2)=CCC1. The Morgan fingerprint density at radius 2 is 1.75 bits per heavy atom. The first-order valence-electron chi connectivity index (χ1n) is 12.0. The number of carbonyl (C=O) groups excluding carboxylic acids is 1. The number of hydrogen-bond donors (Lipinski definition) is 0. The van der Waals surface area contributed by atoms with Crippen LogP contribution in [0, 0.1) is 11.7 Å². The molecule has 0 radical (unpaired) electrons. The summed E-state index contributed by atoms with van der Waals surface area (Å²) in [4.78, 5) is 20.8. The van der Waals surface area contributed by atoms with E-state index in [4.69, 9.17) is 4.99 Å². The van der Waals surface area contributed by atoms with Crippen LogP contribution < -0.4 is 0 Å². The van der Waals surface area contributed by atoms with Crippen molar-refractivity contribution in [3.05, 3.63) is 83.3 Å². The third kappa shape index (κ3) is 6.88. The highest BCUT2D eigenvalue weighted by Crippen LogP contribution is 2.26. The molecule has 0 aliphatic carbocycles. The summed E-state index contributed by atoms with van der Waals surface area (Å²) in [6.07, 6.45) is 8.71. The van der Waals surface area contributed by atoms with Crippen molar-refractivity contribution < 1.29 is 9.18 Å². The lowest BCUT2D eigenvalue weighted by molar-refractivity contribution is 0.0918. The van der Waals surface area contributed by atoms with E-state index in [9.17, 15) is 9.18 Å². The number of amidine groups is 1. The fourth-order valence-electron chi connectivity index (χ4n) is 4.23. The Morgan fingerprint density at radius 1 is 1.00 bits per heavy atom. The maximum absolute atomic E-state index is 13.4. The lowest BCUT2D eigenvalue weighted by atomic mass is 9.87. The summed E-state index contributed by atoms with van der Waals surface area (Å²) in [5.74, 6) is 0.791. The molecule has 1 unspecified atom stereocenters. The number of Topliss-reactive ketones (excluding diaryl/α,β-unsaturated/α-hetero) is 1. The van der Waals surface area contributed by atoms with E-state index in [1.807, 2.05) is 30.3 Å². The van der Waals surface area contributed by atoms with Gasteiger partial charge in [0.05, 0.1) is 0 Å². The maximum atomic E-state index is 13.4. The second kappa shape index (κ2) is 12.3. The van der Waals surface area contributed by atoms with Crippen molar-refractivity contribution in [3.63, 3.8) is 0 Å². The van der Waals surface area contributed by atoms with Gasteiger partial charge in [-0.25, -0.2) is 9.38 Å². The summed E-state index contributed by atoms with van der Waals surface area (Å²) in [7, 11) is 0. The summed E-state index contributed by atoms with van der Waals surface area (Å²) < 4.78 is 13.4. The molecule has 0 aromatic heterocycles. The predicted molar refractivity (Wildman–Crippen MR) is 131 cm³/mol. The van der Waals surface area contributed by atoms with Gasteiger partial charge in [0.2, 0.25) is 0 Å². The highest BCUT2D eigenvalue weighted by molar-refractivity contribution is 5.98. The fourth-order valence-corrected chi connectivity index (χ4v) is 4.23. The van der Waals surface area contributed by atoms with Gasteiger partial charge < -0.3 is 4.90 Å². The Hall–Kier alpha value is -2.75. The first-order chi connectivity index (χ1) is 15.6. The first kappa shape index (κ1) is 23.9. The summed E-state index contributed by atoms with van der Waals surface area (Å²) in [6, 6.07) is 15.9. The lowest BCUT2D eigenvalue weighted by Crippen LogP contribution is -2.33. The minimum atomic E-state index is -0.257.